The van der Waals surface area contributed by atoms with Crippen LogP contribution in [0.2, 0.25) is 0 Å². The quantitative estimate of drug-likeness (QED) is 0.723. The number of ether oxygens (including phenoxy) is 1. The highest BCUT2D eigenvalue weighted by atomic mass is 16.5. The Hall–Kier alpha value is -0.120. The second-order valence-electron chi connectivity index (χ2n) is 8.64. The lowest BCUT2D eigenvalue weighted by molar-refractivity contribution is 0.00501. The Bertz CT molecular complexity index is 242. The summed E-state index contributed by atoms with van der Waals surface area (Å²) in [5.74, 6) is 0. The van der Waals surface area contributed by atoms with Gasteiger partial charge in [-0.2, -0.15) is 0 Å². The van der Waals surface area contributed by atoms with Gasteiger partial charge in [0.15, 0.2) is 0 Å². The van der Waals surface area contributed by atoms with Crippen molar-refractivity contribution in [1.82, 2.24) is 10.2 Å². The van der Waals surface area contributed by atoms with Gasteiger partial charge in [-0.05, 0) is 75.3 Å². The summed E-state index contributed by atoms with van der Waals surface area (Å²) >= 11 is 0. The van der Waals surface area contributed by atoms with Gasteiger partial charge < -0.3 is 10.1 Å². The van der Waals surface area contributed by atoms with Crippen molar-refractivity contribution in [3.05, 3.63) is 0 Å². The van der Waals surface area contributed by atoms with Gasteiger partial charge in [0.2, 0.25) is 0 Å². The molecule has 122 valence electrons. The molecule has 3 nitrogen and oxygen atoms in total. The first kappa shape index (κ1) is 19.9. The Morgan fingerprint density at radius 3 is 1.70 bits per heavy atom. The van der Waals surface area contributed by atoms with E-state index in [4.69, 9.17) is 4.74 Å². The Labute approximate surface area is 127 Å². The van der Waals surface area contributed by atoms with Crippen LogP contribution in [0.4, 0.5) is 0 Å². The Kier molecular flexibility index (Phi) is 7.72. The number of hydrogen-bond acceptors (Lipinski definition) is 3. The zero-order valence-corrected chi connectivity index (χ0v) is 15.4. The summed E-state index contributed by atoms with van der Waals surface area (Å²) < 4.78 is 5.79. The van der Waals surface area contributed by atoms with Gasteiger partial charge in [-0.1, -0.05) is 0 Å². The molecule has 3 heteroatoms. The third-order valence-corrected chi connectivity index (χ3v) is 3.20. The van der Waals surface area contributed by atoms with Crippen molar-refractivity contribution in [2.75, 3.05) is 26.3 Å². The van der Waals surface area contributed by atoms with Crippen LogP contribution in [0.1, 0.15) is 68.7 Å². The minimum Gasteiger partial charge on any atom is -0.380 e. The van der Waals surface area contributed by atoms with Crippen LogP contribution in [-0.2, 0) is 4.74 Å². The fourth-order valence-corrected chi connectivity index (χ4v) is 2.57. The average Bonchev–Trinajstić information content (AvgIpc) is 2.16. The van der Waals surface area contributed by atoms with Gasteiger partial charge in [-0.25, -0.2) is 0 Å². The molecule has 0 unspecified atom stereocenters. The highest BCUT2D eigenvalue weighted by molar-refractivity contribution is 4.86. The molecule has 0 fully saturated rings. The van der Waals surface area contributed by atoms with Crippen molar-refractivity contribution in [2.45, 2.75) is 85.4 Å². The van der Waals surface area contributed by atoms with Crippen LogP contribution in [0.15, 0.2) is 0 Å². The second kappa shape index (κ2) is 7.77. The molecular formula is C17H38N2O. The lowest BCUT2D eigenvalue weighted by Gasteiger charge is -2.45. The van der Waals surface area contributed by atoms with Gasteiger partial charge in [0.1, 0.15) is 0 Å². The molecule has 0 amide bonds. The summed E-state index contributed by atoms with van der Waals surface area (Å²) in [6.45, 7) is 23.8. The molecule has 1 N–H and O–H groups in total. The molecule has 0 aliphatic rings. The fraction of sp³-hybridized carbons (Fsp3) is 1.00. The Balaban J connectivity index is 3.87. The van der Waals surface area contributed by atoms with Crippen LogP contribution >= 0.6 is 0 Å². The number of hydrogen-bond donors (Lipinski definition) is 1. The topological polar surface area (TPSA) is 24.5 Å². The molecule has 0 bridgehead atoms. The standard InChI is InChI=1S/C17H38N2O/c1-15(2,3)18-11-10-13-20-14-12-19(16(4,5)6)17(7,8)9/h18H,10-14H2,1-9H3. The number of nitrogens with zero attached hydrogens (tertiary/aromatic N) is 1. The molecule has 0 saturated heterocycles. The van der Waals surface area contributed by atoms with Crippen LogP contribution in [-0.4, -0.2) is 47.8 Å². The molecule has 0 saturated carbocycles. The van der Waals surface area contributed by atoms with Gasteiger partial charge in [-0.3, -0.25) is 4.90 Å². The van der Waals surface area contributed by atoms with Gasteiger partial charge in [0, 0.05) is 29.8 Å². The van der Waals surface area contributed by atoms with Gasteiger partial charge in [-0.15, -0.1) is 0 Å². The van der Waals surface area contributed by atoms with Crippen LogP contribution < -0.4 is 5.32 Å². The third kappa shape index (κ3) is 9.73. The van der Waals surface area contributed by atoms with Crippen molar-refractivity contribution < 1.29 is 4.74 Å². The first-order valence-corrected chi connectivity index (χ1v) is 7.94. The van der Waals surface area contributed by atoms with Crippen molar-refractivity contribution in [3.8, 4) is 0 Å². The van der Waals surface area contributed by atoms with E-state index in [9.17, 15) is 0 Å². The smallest absolute Gasteiger partial charge is 0.0593 e. The third-order valence-electron chi connectivity index (χ3n) is 3.20. The van der Waals surface area contributed by atoms with E-state index >= 15 is 0 Å². The van der Waals surface area contributed by atoms with Crippen molar-refractivity contribution in [1.29, 1.82) is 0 Å². The molecule has 0 heterocycles. The lowest BCUT2D eigenvalue weighted by Crippen LogP contribution is -2.53. The average molecular weight is 287 g/mol. The van der Waals surface area contributed by atoms with Crippen LogP contribution in [0, 0.1) is 0 Å². The molecule has 0 aliphatic heterocycles. The molecule has 0 aromatic carbocycles. The van der Waals surface area contributed by atoms with E-state index in [2.05, 4.69) is 72.5 Å². The Morgan fingerprint density at radius 2 is 1.30 bits per heavy atom. The summed E-state index contributed by atoms with van der Waals surface area (Å²) in [4.78, 5) is 2.51. The molecular weight excluding hydrogens is 248 g/mol. The maximum Gasteiger partial charge on any atom is 0.0593 e. The maximum atomic E-state index is 5.79. The summed E-state index contributed by atoms with van der Waals surface area (Å²) in [6, 6.07) is 0. The first-order valence-electron chi connectivity index (χ1n) is 7.94. The number of nitrogens with one attached hydrogen (secondary N) is 1. The maximum absolute atomic E-state index is 5.79. The fourth-order valence-electron chi connectivity index (χ4n) is 2.57. The first-order chi connectivity index (χ1) is 8.84. The summed E-state index contributed by atoms with van der Waals surface area (Å²) in [6.07, 6.45) is 1.07. The van der Waals surface area contributed by atoms with Gasteiger partial charge >= 0.3 is 0 Å². The van der Waals surface area contributed by atoms with Crippen molar-refractivity contribution >= 4 is 0 Å². The highest BCUT2D eigenvalue weighted by Gasteiger charge is 2.30. The monoisotopic (exact) mass is 286 g/mol. The lowest BCUT2D eigenvalue weighted by atomic mass is 9.96. The highest BCUT2D eigenvalue weighted by Crippen LogP contribution is 2.23. The van der Waals surface area contributed by atoms with E-state index < -0.39 is 0 Å². The summed E-state index contributed by atoms with van der Waals surface area (Å²) in [5, 5.41) is 3.48. The van der Waals surface area contributed by atoms with E-state index in [1.807, 2.05) is 0 Å². The zero-order chi connectivity index (χ0) is 16.0. The number of rotatable bonds is 7. The second-order valence-corrected chi connectivity index (χ2v) is 8.64. The molecule has 0 radical (unpaired) electrons. The largest absolute Gasteiger partial charge is 0.380 e. The Morgan fingerprint density at radius 1 is 0.800 bits per heavy atom. The minimum atomic E-state index is 0.176. The summed E-state index contributed by atoms with van der Waals surface area (Å²) in [7, 11) is 0. The molecule has 0 spiro atoms. The van der Waals surface area contributed by atoms with E-state index in [-0.39, 0.29) is 16.6 Å². The predicted molar refractivity (Wildman–Crippen MR) is 89.4 cm³/mol. The SMILES string of the molecule is CC(C)(C)NCCCOCCN(C(C)(C)C)C(C)(C)C. The van der Waals surface area contributed by atoms with Crippen LogP contribution in [0.3, 0.4) is 0 Å². The van der Waals surface area contributed by atoms with Gasteiger partial charge in [0.05, 0.1) is 6.61 Å². The van der Waals surface area contributed by atoms with Crippen molar-refractivity contribution in [3.63, 3.8) is 0 Å². The molecule has 0 aromatic rings. The van der Waals surface area contributed by atoms with Crippen LogP contribution in [0.5, 0.6) is 0 Å². The van der Waals surface area contributed by atoms with Crippen molar-refractivity contribution in [2.24, 2.45) is 0 Å². The van der Waals surface area contributed by atoms with Gasteiger partial charge in [0.25, 0.3) is 0 Å². The summed E-state index contributed by atoms with van der Waals surface area (Å²) in [5.41, 5.74) is 0.556. The minimum absolute atomic E-state index is 0.176. The van der Waals surface area contributed by atoms with E-state index in [0.29, 0.717) is 0 Å². The zero-order valence-electron chi connectivity index (χ0n) is 15.4. The molecule has 0 aliphatic carbocycles. The van der Waals surface area contributed by atoms with Crippen LogP contribution in [0.25, 0.3) is 0 Å². The molecule has 0 atom stereocenters. The normalized spacial score (nSPS) is 14.1. The van der Waals surface area contributed by atoms with E-state index in [0.717, 1.165) is 32.7 Å². The molecule has 0 rings (SSSR count). The molecule has 0 aromatic heterocycles. The predicted octanol–water partition coefficient (Wildman–Crippen LogP) is 3.68. The molecule has 20 heavy (non-hydrogen) atoms. The van der Waals surface area contributed by atoms with E-state index in [1.165, 1.54) is 0 Å². The van der Waals surface area contributed by atoms with E-state index in [1.54, 1.807) is 0 Å².